The number of fused-ring (bicyclic) bond motifs is 1. The number of amides is 3. The number of hydrogen-bond acceptors (Lipinski definition) is 3. The summed E-state index contributed by atoms with van der Waals surface area (Å²) in [7, 11) is 1.57. The van der Waals surface area contributed by atoms with Crippen LogP contribution in [0.25, 0.3) is 10.8 Å². The summed E-state index contributed by atoms with van der Waals surface area (Å²) in [6.45, 7) is 1.38. The van der Waals surface area contributed by atoms with Crippen molar-refractivity contribution in [2.45, 2.75) is 19.3 Å². The van der Waals surface area contributed by atoms with E-state index in [1.165, 1.54) is 0 Å². The predicted molar refractivity (Wildman–Crippen MR) is 104 cm³/mol. The summed E-state index contributed by atoms with van der Waals surface area (Å²) < 4.78 is 0. The van der Waals surface area contributed by atoms with E-state index in [0.29, 0.717) is 25.2 Å². The Morgan fingerprint density at radius 2 is 1.89 bits per heavy atom. The number of carbonyl (C=O) groups excluding carboxylic acids is 3. The molecule has 1 atom stereocenters. The van der Waals surface area contributed by atoms with Crippen LogP contribution in [-0.4, -0.2) is 49.3 Å². The van der Waals surface area contributed by atoms with E-state index >= 15 is 0 Å². The van der Waals surface area contributed by atoms with Gasteiger partial charge >= 0.3 is 0 Å². The molecule has 3 amide bonds. The van der Waals surface area contributed by atoms with Crippen molar-refractivity contribution in [3.63, 3.8) is 0 Å². The molecule has 0 spiro atoms. The molecule has 1 heterocycles. The van der Waals surface area contributed by atoms with Crippen LogP contribution in [0.3, 0.4) is 0 Å². The van der Waals surface area contributed by atoms with Crippen LogP contribution < -0.4 is 10.6 Å². The van der Waals surface area contributed by atoms with Crippen LogP contribution in [0.4, 0.5) is 0 Å². The van der Waals surface area contributed by atoms with Crippen molar-refractivity contribution in [3.8, 4) is 0 Å². The quantitative estimate of drug-likeness (QED) is 0.848. The van der Waals surface area contributed by atoms with E-state index in [1.807, 2.05) is 42.5 Å². The van der Waals surface area contributed by atoms with Crippen molar-refractivity contribution < 1.29 is 14.4 Å². The Hall–Kier alpha value is -2.89. The molecule has 6 nitrogen and oxygen atoms in total. The number of carbonyl (C=O) groups is 3. The van der Waals surface area contributed by atoms with Gasteiger partial charge in [0.25, 0.3) is 5.91 Å². The van der Waals surface area contributed by atoms with Gasteiger partial charge in [0.05, 0.1) is 5.92 Å². The van der Waals surface area contributed by atoms with Gasteiger partial charge in [-0.1, -0.05) is 36.4 Å². The topological polar surface area (TPSA) is 78.5 Å². The summed E-state index contributed by atoms with van der Waals surface area (Å²) in [5.41, 5.74) is 0.675. The maximum Gasteiger partial charge on any atom is 0.254 e. The van der Waals surface area contributed by atoms with Crippen molar-refractivity contribution in [2.24, 2.45) is 5.92 Å². The summed E-state index contributed by atoms with van der Waals surface area (Å²) in [6, 6.07) is 13.6. The molecule has 142 valence electrons. The van der Waals surface area contributed by atoms with Crippen LogP contribution in [0.1, 0.15) is 29.6 Å². The smallest absolute Gasteiger partial charge is 0.254 e. The number of likely N-dealkylation sites (tertiary alicyclic amines) is 1. The maximum absolute atomic E-state index is 13.1. The van der Waals surface area contributed by atoms with Crippen molar-refractivity contribution >= 4 is 28.5 Å². The van der Waals surface area contributed by atoms with Crippen LogP contribution in [-0.2, 0) is 9.59 Å². The SMILES string of the molecule is CNC(=O)CCNC(=O)C1CCCN(C(=O)c2cccc3ccccc23)C1. The van der Waals surface area contributed by atoms with E-state index in [0.717, 1.165) is 23.6 Å². The van der Waals surface area contributed by atoms with Crippen molar-refractivity contribution in [1.29, 1.82) is 0 Å². The van der Waals surface area contributed by atoms with Crippen molar-refractivity contribution in [3.05, 3.63) is 48.0 Å². The van der Waals surface area contributed by atoms with Crippen LogP contribution in [0, 0.1) is 5.92 Å². The summed E-state index contributed by atoms with van der Waals surface area (Å²) in [5.74, 6) is -0.460. The van der Waals surface area contributed by atoms with Gasteiger partial charge < -0.3 is 15.5 Å². The van der Waals surface area contributed by atoms with Gasteiger partial charge in [-0.3, -0.25) is 14.4 Å². The molecule has 6 heteroatoms. The van der Waals surface area contributed by atoms with Gasteiger partial charge in [-0.05, 0) is 29.7 Å². The van der Waals surface area contributed by atoms with E-state index in [2.05, 4.69) is 10.6 Å². The molecule has 0 saturated carbocycles. The molecular weight excluding hydrogens is 342 g/mol. The molecule has 2 aromatic carbocycles. The van der Waals surface area contributed by atoms with Gasteiger partial charge in [0.2, 0.25) is 11.8 Å². The van der Waals surface area contributed by atoms with E-state index in [9.17, 15) is 14.4 Å². The molecular formula is C21H25N3O3. The molecule has 2 aromatic rings. The fourth-order valence-corrected chi connectivity index (χ4v) is 3.53. The highest BCUT2D eigenvalue weighted by molar-refractivity contribution is 6.07. The molecule has 1 saturated heterocycles. The van der Waals surface area contributed by atoms with Crippen LogP contribution in [0.5, 0.6) is 0 Å². The van der Waals surface area contributed by atoms with Gasteiger partial charge in [-0.25, -0.2) is 0 Å². The highest BCUT2D eigenvalue weighted by Gasteiger charge is 2.29. The first-order chi connectivity index (χ1) is 13.1. The molecule has 1 aliphatic heterocycles. The zero-order valence-corrected chi connectivity index (χ0v) is 15.5. The average molecular weight is 367 g/mol. The lowest BCUT2D eigenvalue weighted by atomic mass is 9.95. The largest absolute Gasteiger partial charge is 0.359 e. The summed E-state index contributed by atoms with van der Waals surface area (Å²) >= 11 is 0. The third-order valence-corrected chi connectivity index (χ3v) is 5.03. The molecule has 27 heavy (non-hydrogen) atoms. The van der Waals surface area contributed by atoms with E-state index in [-0.39, 0.29) is 30.1 Å². The first-order valence-electron chi connectivity index (χ1n) is 9.35. The highest BCUT2D eigenvalue weighted by Crippen LogP contribution is 2.23. The standard InChI is InChI=1S/C21H25N3O3/c1-22-19(25)11-12-23-20(26)16-8-5-13-24(14-16)21(27)18-10-4-7-15-6-2-3-9-17(15)18/h2-4,6-7,9-10,16H,5,8,11-14H2,1H3,(H,22,25)(H,23,26). The minimum absolute atomic E-state index is 0.0327. The second-order valence-corrected chi connectivity index (χ2v) is 6.83. The summed E-state index contributed by atoms with van der Waals surface area (Å²) in [4.78, 5) is 38.5. The molecule has 3 rings (SSSR count). The second kappa shape index (κ2) is 8.66. The van der Waals surface area contributed by atoms with Gasteiger partial charge in [-0.2, -0.15) is 0 Å². The van der Waals surface area contributed by atoms with Gasteiger partial charge in [0.1, 0.15) is 0 Å². The summed E-state index contributed by atoms with van der Waals surface area (Å²) in [6.07, 6.45) is 1.81. The normalized spacial score (nSPS) is 16.8. The lowest BCUT2D eigenvalue weighted by Gasteiger charge is -2.32. The molecule has 0 aromatic heterocycles. The number of rotatable bonds is 5. The zero-order valence-electron chi connectivity index (χ0n) is 15.5. The Balaban J connectivity index is 1.66. The number of benzene rings is 2. The Bertz CT molecular complexity index is 844. The Morgan fingerprint density at radius 1 is 1.11 bits per heavy atom. The van der Waals surface area contributed by atoms with Gasteiger partial charge in [0, 0.05) is 38.7 Å². The van der Waals surface area contributed by atoms with E-state index in [1.54, 1.807) is 11.9 Å². The molecule has 0 bridgehead atoms. The zero-order chi connectivity index (χ0) is 19.2. The highest BCUT2D eigenvalue weighted by atomic mass is 16.2. The minimum atomic E-state index is -0.234. The Kier molecular flexibility index (Phi) is 6.06. The first-order valence-corrected chi connectivity index (χ1v) is 9.35. The second-order valence-electron chi connectivity index (χ2n) is 6.83. The van der Waals surface area contributed by atoms with E-state index in [4.69, 9.17) is 0 Å². The van der Waals surface area contributed by atoms with Crippen molar-refractivity contribution in [1.82, 2.24) is 15.5 Å². The molecule has 0 radical (unpaired) electrons. The monoisotopic (exact) mass is 367 g/mol. The molecule has 1 aliphatic rings. The molecule has 1 unspecified atom stereocenters. The number of nitrogens with one attached hydrogen (secondary N) is 2. The van der Waals surface area contributed by atoms with Gasteiger partial charge in [-0.15, -0.1) is 0 Å². The Morgan fingerprint density at radius 3 is 2.70 bits per heavy atom. The fraction of sp³-hybridized carbons (Fsp3) is 0.381. The van der Waals surface area contributed by atoms with Crippen LogP contribution >= 0.6 is 0 Å². The third kappa shape index (κ3) is 4.45. The van der Waals surface area contributed by atoms with Crippen LogP contribution in [0.2, 0.25) is 0 Å². The van der Waals surface area contributed by atoms with Crippen LogP contribution in [0.15, 0.2) is 42.5 Å². The van der Waals surface area contributed by atoms with Crippen molar-refractivity contribution in [2.75, 3.05) is 26.7 Å². The van der Waals surface area contributed by atoms with Gasteiger partial charge in [0.15, 0.2) is 0 Å². The minimum Gasteiger partial charge on any atom is -0.359 e. The summed E-state index contributed by atoms with van der Waals surface area (Å²) in [5, 5.41) is 7.30. The molecule has 2 N–H and O–H groups in total. The number of piperidine rings is 1. The lowest BCUT2D eigenvalue weighted by Crippen LogP contribution is -2.46. The van der Waals surface area contributed by atoms with E-state index < -0.39 is 0 Å². The Labute approximate surface area is 158 Å². The number of hydrogen-bond donors (Lipinski definition) is 2. The average Bonchev–Trinajstić information content (AvgIpc) is 2.72. The molecule has 1 fully saturated rings. The lowest BCUT2D eigenvalue weighted by molar-refractivity contribution is -0.126. The first kappa shape index (κ1) is 18.9. The maximum atomic E-state index is 13.1. The number of nitrogens with zero attached hydrogens (tertiary/aromatic N) is 1. The molecule has 0 aliphatic carbocycles. The third-order valence-electron chi connectivity index (χ3n) is 5.03. The fourth-order valence-electron chi connectivity index (χ4n) is 3.53. The predicted octanol–water partition coefficient (Wildman–Crippen LogP) is 1.94.